The Kier molecular flexibility index (Phi) is 1.42. The fraction of sp³-hybridized carbons (Fsp3) is 1.00. The quantitative estimate of drug-likeness (QED) is 0.290. The zero-order valence-electron chi connectivity index (χ0n) is 4.66. The van der Waals surface area contributed by atoms with Crippen molar-refractivity contribution in [3.63, 3.8) is 0 Å². The van der Waals surface area contributed by atoms with E-state index in [4.69, 9.17) is 20.9 Å². The second-order valence-electron chi connectivity index (χ2n) is 2.03. The topological polar surface area (TPSA) is 77.1 Å². The van der Waals surface area contributed by atoms with E-state index in [0.29, 0.717) is 8.22 Å². The second-order valence-corrected chi connectivity index (χ2v) is 5.20. The molecule has 0 amide bonds. The van der Waals surface area contributed by atoms with Gasteiger partial charge in [-0.2, -0.15) is 0 Å². The van der Waals surface area contributed by atoms with Crippen LogP contribution in [0.2, 0.25) is 0 Å². The summed E-state index contributed by atoms with van der Waals surface area (Å²) >= 11 is -0.0471. The van der Waals surface area contributed by atoms with E-state index in [-0.39, 0.29) is 33.7 Å². The molecule has 9 heavy (non-hydrogen) atoms. The molecule has 2 heterocycles. The Morgan fingerprint density at radius 2 is 1.33 bits per heavy atom. The van der Waals surface area contributed by atoms with Crippen LogP contribution in [0.25, 0.3) is 0 Å². The molecule has 0 aromatic heterocycles. The summed E-state index contributed by atoms with van der Waals surface area (Å²) in [6, 6.07) is 0. The van der Waals surface area contributed by atoms with Crippen molar-refractivity contribution in [2.24, 2.45) is 11.5 Å². The van der Waals surface area contributed by atoms with Gasteiger partial charge in [-0.1, -0.05) is 0 Å². The Morgan fingerprint density at radius 1 is 1.00 bits per heavy atom. The van der Waals surface area contributed by atoms with Crippen LogP contribution < -0.4 is 32.7 Å². The Bertz CT molecular complexity index is 120. The normalized spacial score (nSPS) is 55.8. The third-order valence-electron chi connectivity index (χ3n) is 1.19. The van der Waals surface area contributed by atoms with Gasteiger partial charge in [0.25, 0.3) is 0 Å². The molecule has 2 fully saturated rings. The molecule has 4 N–H and O–H groups in total. The van der Waals surface area contributed by atoms with E-state index < -0.39 is 0 Å². The summed E-state index contributed by atoms with van der Waals surface area (Å²) in [5.41, 5.74) is 10.8. The van der Waals surface area contributed by atoms with Crippen molar-refractivity contribution in [1.82, 2.24) is 0 Å². The van der Waals surface area contributed by atoms with Gasteiger partial charge >= 0.3 is 62.8 Å². The number of alkyl halides is 2. The van der Waals surface area contributed by atoms with Crippen LogP contribution in [0.1, 0.15) is 0 Å². The van der Waals surface area contributed by atoms with Crippen molar-refractivity contribution >= 4 is 0 Å². The van der Waals surface area contributed by atoms with Gasteiger partial charge < -0.3 is 0 Å². The molecule has 0 radical (unpaired) electrons. The molecule has 2 aliphatic heterocycles. The minimum atomic E-state index is -0.0471. The van der Waals surface area contributed by atoms with Crippen LogP contribution in [0, 0.1) is 0 Å². The number of hydrogen-bond donors (Lipinski definition) is 2. The number of halogens is 1. The third-order valence-corrected chi connectivity index (χ3v) is 4.61. The third kappa shape index (κ3) is 1.35. The van der Waals surface area contributed by atoms with E-state index in [2.05, 4.69) is 0 Å². The van der Waals surface area contributed by atoms with E-state index >= 15 is 0 Å². The average molecular weight is 243 g/mol. The van der Waals surface area contributed by atoms with Crippen LogP contribution in [-0.2, 0) is 9.47 Å². The van der Waals surface area contributed by atoms with Crippen LogP contribution >= 0.6 is 0 Å². The van der Waals surface area contributed by atoms with Crippen molar-refractivity contribution in [3.8, 4) is 0 Å². The first-order chi connectivity index (χ1) is 4.27. The first-order valence-electron chi connectivity index (χ1n) is 2.71. The van der Waals surface area contributed by atoms with Gasteiger partial charge in [-0.05, 0) is 0 Å². The van der Waals surface area contributed by atoms with E-state index in [9.17, 15) is 0 Å². The molecule has 0 saturated carbocycles. The monoisotopic (exact) mass is 243 g/mol. The first kappa shape index (κ1) is 6.29. The van der Waals surface area contributed by atoms with Crippen molar-refractivity contribution in [1.29, 1.82) is 0 Å². The molecule has 4 atom stereocenters. The molecule has 0 aromatic carbocycles. The van der Waals surface area contributed by atoms with Gasteiger partial charge in [-0.3, -0.25) is 0 Å². The van der Waals surface area contributed by atoms with E-state index in [0.717, 1.165) is 0 Å². The van der Waals surface area contributed by atoms with E-state index in [1.165, 1.54) is 0 Å². The molecule has 5 heteroatoms. The zero-order valence-corrected chi connectivity index (χ0v) is 6.82. The molecule has 4 nitrogen and oxygen atoms in total. The molecule has 0 aliphatic carbocycles. The molecule has 0 aromatic rings. The van der Waals surface area contributed by atoms with Crippen LogP contribution in [-0.4, -0.2) is 20.7 Å². The van der Waals surface area contributed by atoms with Crippen LogP contribution in [0.3, 0.4) is 0 Å². The van der Waals surface area contributed by atoms with Gasteiger partial charge in [0.15, 0.2) is 0 Å². The second kappa shape index (κ2) is 2.03. The maximum absolute atomic E-state index is 5.40. The summed E-state index contributed by atoms with van der Waals surface area (Å²) in [5, 5.41) is 0. The van der Waals surface area contributed by atoms with Gasteiger partial charge in [0.05, 0.1) is 0 Å². The Labute approximate surface area is 63.1 Å². The Morgan fingerprint density at radius 3 is 1.56 bits per heavy atom. The molecule has 2 rings (SSSR count). The molecule has 54 valence electrons. The number of epoxide rings is 2. The zero-order chi connectivity index (χ0) is 6.43. The summed E-state index contributed by atoms with van der Waals surface area (Å²) in [7, 11) is 0. The number of hydrogen-bond acceptors (Lipinski definition) is 4. The van der Waals surface area contributed by atoms with Gasteiger partial charge in [0, 0.05) is 0 Å². The van der Waals surface area contributed by atoms with E-state index in [1.54, 1.807) is 0 Å². The molecule has 0 spiro atoms. The summed E-state index contributed by atoms with van der Waals surface area (Å²) in [6.45, 7) is 0. The summed E-state index contributed by atoms with van der Waals surface area (Å²) in [4.78, 5) is 0. The maximum atomic E-state index is 5.40. The van der Waals surface area contributed by atoms with Crippen molar-refractivity contribution in [2.45, 2.75) is 20.7 Å². The average Bonchev–Trinajstić information content (AvgIpc) is 2.59. The van der Waals surface area contributed by atoms with Crippen LogP contribution in [0.5, 0.6) is 0 Å². The SMILES string of the molecule is NC1OC1[I-]C1OC1N. The standard InChI is InChI=1S/C4H8IN2O2/c6-3-1(8-3)5-2-4(7)9-2/h1-4H,6-7H2/q-1. The fourth-order valence-corrected chi connectivity index (χ4v) is 3.07. The first-order valence-corrected chi connectivity index (χ1v) is 5.20. The number of nitrogens with two attached hydrogens (primary N) is 2. The number of ether oxygens (including phenoxy) is 2. The van der Waals surface area contributed by atoms with Gasteiger partial charge in [-0.25, -0.2) is 0 Å². The minimum absolute atomic E-state index is 0.00537. The van der Waals surface area contributed by atoms with Crippen molar-refractivity contribution in [2.75, 3.05) is 0 Å². The van der Waals surface area contributed by atoms with Crippen molar-refractivity contribution < 1.29 is 30.7 Å². The Hall–Kier alpha value is 0.570. The summed E-state index contributed by atoms with van der Waals surface area (Å²) in [6.07, 6.45) is -0.0107. The molecule has 2 saturated heterocycles. The fourth-order valence-electron chi connectivity index (χ4n) is 0.535. The molecule has 4 unspecified atom stereocenters. The van der Waals surface area contributed by atoms with E-state index in [1.807, 2.05) is 0 Å². The predicted molar refractivity (Wildman–Crippen MR) is 25.7 cm³/mol. The van der Waals surface area contributed by atoms with Gasteiger partial charge in [0.1, 0.15) is 0 Å². The van der Waals surface area contributed by atoms with Crippen LogP contribution in [0.4, 0.5) is 0 Å². The summed E-state index contributed by atoms with van der Waals surface area (Å²) < 4.78 is 10.7. The van der Waals surface area contributed by atoms with Gasteiger partial charge in [0.2, 0.25) is 0 Å². The molecule has 0 bridgehead atoms. The van der Waals surface area contributed by atoms with Crippen LogP contribution in [0.15, 0.2) is 0 Å². The number of rotatable bonds is 2. The Balaban J connectivity index is 1.69. The summed E-state index contributed by atoms with van der Waals surface area (Å²) in [5.74, 6) is 0. The molecular formula is C4H8IN2O2-. The molecule has 2 aliphatic rings. The predicted octanol–water partition coefficient (Wildman–Crippen LogP) is -4.64. The van der Waals surface area contributed by atoms with Gasteiger partial charge in [-0.15, -0.1) is 0 Å². The molecular weight excluding hydrogens is 235 g/mol. The van der Waals surface area contributed by atoms with Crippen molar-refractivity contribution in [3.05, 3.63) is 0 Å².